The lowest BCUT2D eigenvalue weighted by Gasteiger charge is -2.33. The standard InChI is InChI=1S/C21H19Cl2F3N4O2/c1-30-18(15(22)9-28-30)14-8-17(32-19(14)23)20(31)29-16-10-27-7-6-13(16)11-2-4-12(5-3-11)21(24,25)26/h2-5,8-9,13,16,27H,6-7,10H2,1H3,(H,29,31). The third-order valence-electron chi connectivity index (χ3n) is 5.52. The largest absolute Gasteiger partial charge is 0.439 e. The van der Waals surface area contributed by atoms with Gasteiger partial charge in [-0.25, -0.2) is 0 Å². The van der Waals surface area contributed by atoms with Crippen LogP contribution >= 0.6 is 23.2 Å². The lowest BCUT2D eigenvalue weighted by Crippen LogP contribution is -2.50. The Balaban J connectivity index is 1.54. The minimum Gasteiger partial charge on any atom is -0.439 e. The molecule has 0 radical (unpaired) electrons. The van der Waals surface area contributed by atoms with Crippen LogP contribution in [0, 0.1) is 0 Å². The zero-order chi connectivity index (χ0) is 23.0. The van der Waals surface area contributed by atoms with Crippen molar-refractivity contribution in [2.45, 2.75) is 24.6 Å². The molecule has 170 valence electrons. The second kappa shape index (κ2) is 8.80. The first-order valence-electron chi connectivity index (χ1n) is 9.81. The minimum atomic E-state index is -4.40. The Labute approximate surface area is 191 Å². The van der Waals surface area contributed by atoms with Gasteiger partial charge in [-0.3, -0.25) is 9.48 Å². The molecule has 0 aliphatic carbocycles. The van der Waals surface area contributed by atoms with E-state index in [1.54, 1.807) is 7.05 Å². The molecule has 2 aromatic heterocycles. The summed E-state index contributed by atoms with van der Waals surface area (Å²) in [5.41, 5.74) is 0.969. The van der Waals surface area contributed by atoms with Gasteiger partial charge in [0.1, 0.15) is 0 Å². The number of furan rings is 1. The van der Waals surface area contributed by atoms with Crippen molar-refractivity contribution in [1.82, 2.24) is 20.4 Å². The van der Waals surface area contributed by atoms with Crippen LogP contribution in [0.2, 0.25) is 10.2 Å². The van der Waals surface area contributed by atoms with Crippen LogP contribution in [0.4, 0.5) is 13.2 Å². The van der Waals surface area contributed by atoms with E-state index < -0.39 is 17.6 Å². The topological polar surface area (TPSA) is 72.1 Å². The highest BCUT2D eigenvalue weighted by atomic mass is 35.5. The number of aromatic nitrogens is 2. The number of rotatable bonds is 4. The van der Waals surface area contributed by atoms with Crippen LogP contribution in [0.1, 0.15) is 34.0 Å². The van der Waals surface area contributed by atoms with E-state index in [9.17, 15) is 18.0 Å². The fourth-order valence-electron chi connectivity index (χ4n) is 3.92. The second-order valence-electron chi connectivity index (χ2n) is 7.56. The zero-order valence-electron chi connectivity index (χ0n) is 16.8. The average Bonchev–Trinajstić information content (AvgIpc) is 3.29. The Morgan fingerprint density at radius 3 is 2.62 bits per heavy atom. The number of carbonyl (C=O) groups excluding carboxylic acids is 1. The highest BCUT2D eigenvalue weighted by Gasteiger charge is 2.32. The summed E-state index contributed by atoms with van der Waals surface area (Å²) in [4.78, 5) is 12.9. The molecule has 1 fully saturated rings. The predicted molar refractivity (Wildman–Crippen MR) is 114 cm³/mol. The van der Waals surface area contributed by atoms with Gasteiger partial charge >= 0.3 is 6.18 Å². The summed E-state index contributed by atoms with van der Waals surface area (Å²) in [6.07, 6.45) is -2.28. The molecular weight excluding hydrogens is 468 g/mol. The molecule has 6 nitrogen and oxygen atoms in total. The Kier molecular flexibility index (Phi) is 6.24. The van der Waals surface area contributed by atoms with Crippen LogP contribution in [-0.4, -0.2) is 34.8 Å². The summed E-state index contributed by atoms with van der Waals surface area (Å²) in [7, 11) is 1.69. The SMILES string of the molecule is Cn1ncc(Cl)c1-c1cc(C(=O)NC2CNCCC2c2ccc(C(F)(F)F)cc2)oc1Cl. The zero-order valence-corrected chi connectivity index (χ0v) is 18.4. The van der Waals surface area contributed by atoms with Crippen molar-refractivity contribution < 1.29 is 22.4 Å². The second-order valence-corrected chi connectivity index (χ2v) is 8.31. The summed E-state index contributed by atoms with van der Waals surface area (Å²) in [5, 5.41) is 10.5. The smallest absolute Gasteiger partial charge is 0.416 e. The Morgan fingerprint density at radius 1 is 1.28 bits per heavy atom. The van der Waals surface area contributed by atoms with Crippen LogP contribution in [-0.2, 0) is 13.2 Å². The van der Waals surface area contributed by atoms with Crippen molar-refractivity contribution >= 4 is 29.1 Å². The van der Waals surface area contributed by atoms with Gasteiger partial charge in [0.15, 0.2) is 5.76 Å². The quantitative estimate of drug-likeness (QED) is 0.551. The van der Waals surface area contributed by atoms with E-state index in [-0.39, 0.29) is 22.9 Å². The molecule has 1 aliphatic heterocycles. The van der Waals surface area contributed by atoms with Crippen molar-refractivity contribution in [3.63, 3.8) is 0 Å². The van der Waals surface area contributed by atoms with E-state index in [4.69, 9.17) is 27.6 Å². The van der Waals surface area contributed by atoms with Crippen LogP contribution in [0.3, 0.4) is 0 Å². The summed E-state index contributed by atoms with van der Waals surface area (Å²) in [5.74, 6) is -0.639. The molecule has 32 heavy (non-hydrogen) atoms. The van der Waals surface area contributed by atoms with Crippen LogP contribution in [0.25, 0.3) is 11.3 Å². The number of nitrogens with one attached hydrogen (secondary N) is 2. The molecule has 0 bridgehead atoms. The van der Waals surface area contributed by atoms with Gasteiger partial charge < -0.3 is 15.1 Å². The molecule has 0 spiro atoms. The van der Waals surface area contributed by atoms with Gasteiger partial charge in [-0.1, -0.05) is 23.7 Å². The number of aryl methyl sites for hydroxylation is 1. The molecule has 1 saturated heterocycles. The molecule has 2 N–H and O–H groups in total. The molecule has 3 aromatic rings. The van der Waals surface area contributed by atoms with Gasteiger partial charge in [-0.2, -0.15) is 18.3 Å². The molecule has 4 rings (SSSR count). The molecule has 3 heterocycles. The number of nitrogens with zero attached hydrogens (tertiary/aromatic N) is 2. The van der Waals surface area contributed by atoms with Gasteiger partial charge in [0.05, 0.1) is 28.0 Å². The molecule has 2 atom stereocenters. The van der Waals surface area contributed by atoms with Gasteiger partial charge in [0, 0.05) is 31.6 Å². The van der Waals surface area contributed by atoms with E-state index in [0.29, 0.717) is 35.8 Å². The third kappa shape index (κ3) is 4.51. The lowest BCUT2D eigenvalue weighted by molar-refractivity contribution is -0.137. The Bertz CT molecular complexity index is 1110. The van der Waals surface area contributed by atoms with Gasteiger partial charge in [0.2, 0.25) is 5.22 Å². The van der Waals surface area contributed by atoms with E-state index >= 15 is 0 Å². The van der Waals surface area contributed by atoms with Crippen molar-refractivity contribution in [2.24, 2.45) is 7.05 Å². The summed E-state index contributed by atoms with van der Waals surface area (Å²) >= 11 is 12.4. The summed E-state index contributed by atoms with van der Waals surface area (Å²) < 4.78 is 45.6. The first kappa shape index (κ1) is 22.7. The lowest BCUT2D eigenvalue weighted by atomic mass is 9.85. The van der Waals surface area contributed by atoms with Crippen LogP contribution < -0.4 is 10.6 Å². The number of hydrogen-bond acceptors (Lipinski definition) is 4. The fraction of sp³-hybridized carbons (Fsp3) is 0.333. The molecule has 1 amide bonds. The number of halogens is 5. The predicted octanol–water partition coefficient (Wildman–Crippen LogP) is 4.88. The van der Waals surface area contributed by atoms with E-state index in [0.717, 1.165) is 17.7 Å². The van der Waals surface area contributed by atoms with Crippen molar-refractivity contribution in [2.75, 3.05) is 13.1 Å². The van der Waals surface area contributed by atoms with Crippen molar-refractivity contribution in [1.29, 1.82) is 0 Å². The summed E-state index contributed by atoms with van der Waals surface area (Å²) in [6, 6.07) is 6.19. The maximum absolute atomic E-state index is 12.9. The molecule has 1 aliphatic rings. The molecule has 1 aromatic carbocycles. The van der Waals surface area contributed by atoms with Crippen molar-refractivity contribution in [3.05, 3.63) is 63.7 Å². The first-order valence-corrected chi connectivity index (χ1v) is 10.6. The first-order chi connectivity index (χ1) is 15.1. The summed E-state index contributed by atoms with van der Waals surface area (Å²) in [6.45, 7) is 1.15. The number of hydrogen-bond donors (Lipinski definition) is 2. The molecule has 11 heteroatoms. The number of piperidine rings is 1. The van der Waals surface area contributed by atoms with Gasteiger partial charge in [-0.05, 0) is 42.3 Å². The molecule has 0 saturated carbocycles. The number of carbonyl (C=O) groups is 1. The highest BCUT2D eigenvalue weighted by molar-refractivity contribution is 6.35. The van der Waals surface area contributed by atoms with E-state index in [2.05, 4.69) is 15.7 Å². The fourth-order valence-corrected chi connectivity index (χ4v) is 4.42. The third-order valence-corrected chi connectivity index (χ3v) is 6.08. The molecular formula is C21H19Cl2F3N4O2. The number of amides is 1. The van der Waals surface area contributed by atoms with Crippen LogP contribution in [0.5, 0.6) is 0 Å². The molecule has 2 unspecified atom stereocenters. The average molecular weight is 487 g/mol. The maximum atomic E-state index is 12.9. The van der Waals surface area contributed by atoms with Gasteiger partial charge in [-0.15, -0.1) is 0 Å². The Hall–Kier alpha value is -2.49. The maximum Gasteiger partial charge on any atom is 0.416 e. The number of benzene rings is 1. The van der Waals surface area contributed by atoms with Gasteiger partial charge in [0.25, 0.3) is 5.91 Å². The Morgan fingerprint density at radius 2 is 2.00 bits per heavy atom. The van der Waals surface area contributed by atoms with E-state index in [1.807, 2.05) is 0 Å². The van der Waals surface area contributed by atoms with Crippen LogP contribution in [0.15, 0.2) is 40.9 Å². The monoisotopic (exact) mass is 486 g/mol. The normalized spacial score (nSPS) is 19.2. The highest BCUT2D eigenvalue weighted by Crippen LogP contribution is 2.36. The minimum absolute atomic E-state index is 0.000917. The van der Waals surface area contributed by atoms with E-state index in [1.165, 1.54) is 29.1 Å². The number of alkyl halides is 3. The van der Waals surface area contributed by atoms with Crippen molar-refractivity contribution in [3.8, 4) is 11.3 Å².